The van der Waals surface area contributed by atoms with Gasteiger partial charge in [-0.15, -0.1) is 0 Å². The number of hydrogen-bond donors (Lipinski definition) is 1. The van der Waals surface area contributed by atoms with Gasteiger partial charge in [0.25, 0.3) is 0 Å². The summed E-state index contributed by atoms with van der Waals surface area (Å²) < 4.78 is 0. The molecule has 0 radical (unpaired) electrons. The van der Waals surface area contributed by atoms with Crippen molar-refractivity contribution < 1.29 is 4.79 Å². The lowest BCUT2D eigenvalue weighted by Crippen LogP contribution is -2.20. The van der Waals surface area contributed by atoms with E-state index >= 15 is 0 Å². The Bertz CT molecular complexity index is 848. The van der Waals surface area contributed by atoms with Crippen LogP contribution in [0.15, 0.2) is 72.8 Å². The minimum atomic E-state index is -0.118. The lowest BCUT2D eigenvalue weighted by atomic mass is 10.0. The molecule has 2 nitrogen and oxygen atoms in total. The summed E-state index contributed by atoms with van der Waals surface area (Å²) in [5, 5.41) is 5.86. The molecular weight excluding hydrogens is 306 g/mol. The number of nitrogens with one attached hydrogen (secondary N) is 1. The van der Waals surface area contributed by atoms with Crippen molar-refractivity contribution in [3.63, 3.8) is 0 Å². The normalized spacial score (nSPS) is 11.0. The van der Waals surface area contributed by atoms with Crippen molar-refractivity contribution in [1.29, 1.82) is 0 Å². The van der Waals surface area contributed by atoms with Crippen molar-refractivity contribution in [3.05, 3.63) is 89.0 Å². The second kappa shape index (κ2) is 7.12. The fourth-order valence-corrected chi connectivity index (χ4v) is 2.54. The van der Waals surface area contributed by atoms with Gasteiger partial charge >= 0.3 is 0 Å². The summed E-state index contributed by atoms with van der Waals surface area (Å²) in [5.74, 6) is -0.118. The largest absolute Gasteiger partial charge is 0.348 e. The average Bonchev–Trinajstić information content (AvgIpc) is 2.59. The minimum Gasteiger partial charge on any atom is -0.348 e. The predicted octanol–water partition coefficient (Wildman–Crippen LogP) is 4.82. The van der Waals surface area contributed by atoms with E-state index in [2.05, 4.69) is 23.5 Å². The third-order valence-corrected chi connectivity index (χ3v) is 3.87. The molecule has 0 atom stereocenters. The molecule has 1 amide bonds. The van der Waals surface area contributed by atoms with E-state index in [1.807, 2.05) is 54.6 Å². The predicted molar refractivity (Wildman–Crippen MR) is 96.3 cm³/mol. The molecule has 0 aromatic heterocycles. The Morgan fingerprint density at radius 1 is 0.957 bits per heavy atom. The van der Waals surface area contributed by atoms with E-state index in [1.165, 1.54) is 0 Å². The van der Waals surface area contributed by atoms with Crippen LogP contribution in [0.4, 0.5) is 0 Å². The fourth-order valence-electron chi connectivity index (χ4n) is 2.41. The Balaban J connectivity index is 1.67. The SMILES string of the molecule is O=C(/C=C/c1cccc2ccccc12)NCc1ccc(Cl)cc1. The number of carbonyl (C=O) groups is 1. The zero-order valence-electron chi connectivity index (χ0n) is 12.5. The maximum absolute atomic E-state index is 12.0. The molecule has 0 heterocycles. The Morgan fingerprint density at radius 3 is 2.52 bits per heavy atom. The van der Waals surface area contributed by atoms with Gasteiger partial charge in [0, 0.05) is 17.6 Å². The van der Waals surface area contributed by atoms with Crippen LogP contribution in [0.2, 0.25) is 5.02 Å². The molecule has 114 valence electrons. The van der Waals surface area contributed by atoms with Gasteiger partial charge in [-0.2, -0.15) is 0 Å². The summed E-state index contributed by atoms with van der Waals surface area (Å²) in [5.41, 5.74) is 2.05. The number of rotatable bonds is 4. The molecule has 0 unspecified atom stereocenters. The van der Waals surface area contributed by atoms with Gasteiger partial charge in [-0.05, 0) is 40.1 Å². The Kier molecular flexibility index (Phi) is 4.74. The molecular formula is C20H16ClNO. The van der Waals surface area contributed by atoms with Gasteiger partial charge in [-0.1, -0.05) is 66.2 Å². The molecule has 0 aliphatic carbocycles. The third kappa shape index (κ3) is 3.99. The zero-order chi connectivity index (χ0) is 16.1. The minimum absolute atomic E-state index is 0.118. The van der Waals surface area contributed by atoms with Gasteiger partial charge in [0.1, 0.15) is 0 Å². The summed E-state index contributed by atoms with van der Waals surface area (Å²) >= 11 is 5.84. The van der Waals surface area contributed by atoms with Gasteiger partial charge in [-0.3, -0.25) is 4.79 Å². The standard InChI is InChI=1S/C20H16ClNO/c21-18-11-8-15(9-12-18)14-22-20(23)13-10-17-6-3-5-16-4-1-2-7-19(16)17/h1-13H,14H2,(H,22,23)/b13-10+. The zero-order valence-corrected chi connectivity index (χ0v) is 13.3. The van der Waals surface area contributed by atoms with Crippen LogP contribution in [0.5, 0.6) is 0 Å². The van der Waals surface area contributed by atoms with E-state index in [4.69, 9.17) is 11.6 Å². The highest BCUT2D eigenvalue weighted by molar-refractivity contribution is 6.30. The molecule has 0 saturated heterocycles. The van der Waals surface area contributed by atoms with Crippen molar-refractivity contribution in [1.82, 2.24) is 5.32 Å². The van der Waals surface area contributed by atoms with E-state index in [-0.39, 0.29) is 5.91 Å². The summed E-state index contributed by atoms with van der Waals surface area (Å²) in [6.07, 6.45) is 3.41. The second-order valence-corrected chi connectivity index (χ2v) is 5.68. The number of fused-ring (bicyclic) bond motifs is 1. The van der Waals surface area contributed by atoms with Crippen molar-refractivity contribution in [2.45, 2.75) is 6.54 Å². The molecule has 0 aliphatic rings. The molecule has 0 bridgehead atoms. The van der Waals surface area contributed by atoms with Crippen LogP contribution in [0.3, 0.4) is 0 Å². The monoisotopic (exact) mass is 321 g/mol. The Morgan fingerprint density at radius 2 is 1.70 bits per heavy atom. The quantitative estimate of drug-likeness (QED) is 0.686. The lowest BCUT2D eigenvalue weighted by molar-refractivity contribution is -0.116. The van der Waals surface area contributed by atoms with Crippen molar-refractivity contribution >= 4 is 34.4 Å². The molecule has 3 aromatic rings. The first kappa shape index (κ1) is 15.3. The number of benzene rings is 3. The average molecular weight is 322 g/mol. The van der Waals surface area contributed by atoms with Crippen LogP contribution < -0.4 is 5.32 Å². The van der Waals surface area contributed by atoms with Crippen LogP contribution in [0.1, 0.15) is 11.1 Å². The molecule has 23 heavy (non-hydrogen) atoms. The Labute approximate surface area is 140 Å². The van der Waals surface area contributed by atoms with Crippen molar-refractivity contribution in [3.8, 4) is 0 Å². The smallest absolute Gasteiger partial charge is 0.244 e. The molecule has 3 heteroatoms. The van der Waals surface area contributed by atoms with E-state index in [0.717, 1.165) is 21.9 Å². The number of halogens is 1. The molecule has 0 aliphatic heterocycles. The highest BCUT2D eigenvalue weighted by Crippen LogP contribution is 2.19. The first-order chi connectivity index (χ1) is 11.2. The second-order valence-electron chi connectivity index (χ2n) is 5.25. The third-order valence-electron chi connectivity index (χ3n) is 3.62. The summed E-state index contributed by atoms with van der Waals surface area (Å²) in [7, 11) is 0. The molecule has 3 aromatic carbocycles. The molecule has 3 rings (SSSR count). The molecule has 1 N–H and O–H groups in total. The van der Waals surface area contributed by atoms with Crippen LogP contribution >= 0.6 is 11.6 Å². The first-order valence-corrected chi connectivity index (χ1v) is 7.78. The van der Waals surface area contributed by atoms with Gasteiger partial charge in [0.2, 0.25) is 5.91 Å². The first-order valence-electron chi connectivity index (χ1n) is 7.40. The fraction of sp³-hybridized carbons (Fsp3) is 0.0500. The molecule has 0 saturated carbocycles. The van der Waals surface area contributed by atoms with Gasteiger partial charge in [0.15, 0.2) is 0 Å². The summed E-state index contributed by atoms with van der Waals surface area (Å²) in [6, 6.07) is 21.6. The van der Waals surface area contributed by atoms with Crippen LogP contribution in [0.25, 0.3) is 16.8 Å². The topological polar surface area (TPSA) is 29.1 Å². The van der Waals surface area contributed by atoms with E-state index in [9.17, 15) is 4.79 Å². The number of hydrogen-bond acceptors (Lipinski definition) is 1. The van der Waals surface area contributed by atoms with E-state index in [1.54, 1.807) is 6.08 Å². The summed E-state index contributed by atoms with van der Waals surface area (Å²) in [4.78, 5) is 12.0. The van der Waals surface area contributed by atoms with E-state index < -0.39 is 0 Å². The highest BCUT2D eigenvalue weighted by Gasteiger charge is 1.99. The van der Waals surface area contributed by atoms with Gasteiger partial charge in [-0.25, -0.2) is 0 Å². The maximum Gasteiger partial charge on any atom is 0.244 e. The maximum atomic E-state index is 12.0. The highest BCUT2D eigenvalue weighted by atomic mass is 35.5. The van der Waals surface area contributed by atoms with E-state index in [0.29, 0.717) is 11.6 Å². The summed E-state index contributed by atoms with van der Waals surface area (Å²) in [6.45, 7) is 0.482. The van der Waals surface area contributed by atoms with Crippen LogP contribution in [-0.2, 0) is 11.3 Å². The van der Waals surface area contributed by atoms with Gasteiger partial charge in [0.05, 0.1) is 0 Å². The van der Waals surface area contributed by atoms with Crippen molar-refractivity contribution in [2.24, 2.45) is 0 Å². The number of amides is 1. The number of carbonyl (C=O) groups excluding carboxylic acids is 1. The Hall–Kier alpha value is -2.58. The lowest BCUT2D eigenvalue weighted by Gasteiger charge is -2.04. The van der Waals surface area contributed by atoms with Crippen molar-refractivity contribution in [2.75, 3.05) is 0 Å². The molecule has 0 spiro atoms. The van der Waals surface area contributed by atoms with Gasteiger partial charge < -0.3 is 5.32 Å². The molecule has 0 fully saturated rings. The van der Waals surface area contributed by atoms with Crippen LogP contribution in [-0.4, -0.2) is 5.91 Å². The van der Waals surface area contributed by atoms with Crippen LogP contribution in [0, 0.1) is 0 Å².